The van der Waals surface area contributed by atoms with Crippen molar-refractivity contribution in [2.45, 2.75) is 45.4 Å². The molecule has 0 bridgehead atoms. The molecule has 0 spiro atoms. The smallest absolute Gasteiger partial charge is 0.321 e. The number of methoxy groups -OCH3 is 1. The number of nitrogens with zero attached hydrogens (tertiary/aromatic N) is 1. The lowest BCUT2D eigenvalue weighted by atomic mass is 9.94. The van der Waals surface area contributed by atoms with E-state index in [0.29, 0.717) is 23.7 Å². The molecule has 0 aliphatic carbocycles. The molecule has 1 heterocycles. The minimum absolute atomic E-state index is 0.00842. The zero-order chi connectivity index (χ0) is 18.8. The largest absolute Gasteiger partial charge is 0.385 e. The van der Waals surface area contributed by atoms with Crippen LogP contribution in [0, 0.1) is 5.92 Å². The predicted octanol–water partition coefficient (Wildman–Crippen LogP) is 4.10. The molecule has 1 saturated heterocycles. The number of benzene rings is 1. The summed E-state index contributed by atoms with van der Waals surface area (Å²) in [6, 6.07) is 7.23. The molecule has 1 aromatic rings. The molecule has 0 aromatic heterocycles. The minimum atomic E-state index is -0.0709. The van der Waals surface area contributed by atoms with Crippen LogP contribution >= 0.6 is 0 Å². The summed E-state index contributed by atoms with van der Waals surface area (Å²) in [6.07, 6.45) is 5.65. The van der Waals surface area contributed by atoms with E-state index < -0.39 is 0 Å². The second-order valence-electron chi connectivity index (χ2n) is 6.90. The predicted molar refractivity (Wildman–Crippen MR) is 104 cm³/mol. The number of rotatable bonds is 8. The van der Waals surface area contributed by atoms with E-state index in [1.807, 2.05) is 30.0 Å². The highest BCUT2D eigenvalue weighted by atomic mass is 16.5. The number of piperidine rings is 1. The van der Waals surface area contributed by atoms with E-state index in [-0.39, 0.29) is 11.9 Å². The first-order valence-electron chi connectivity index (χ1n) is 9.57. The maximum Gasteiger partial charge on any atom is 0.321 e. The number of carbonyl (C=O) groups excluding carboxylic acids is 2. The fraction of sp³-hybridized carbons (Fsp3) is 0.600. The van der Waals surface area contributed by atoms with Gasteiger partial charge in [-0.15, -0.1) is 0 Å². The van der Waals surface area contributed by atoms with Crippen LogP contribution in [0.2, 0.25) is 0 Å². The highest BCUT2D eigenvalue weighted by Gasteiger charge is 2.23. The number of hydrogen-bond acceptors (Lipinski definition) is 3. The number of urea groups is 1. The summed E-state index contributed by atoms with van der Waals surface area (Å²) in [6.45, 7) is 4.33. The molecular formula is C20H31N3O3. The normalized spacial score (nSPS) is 17.0. The maximum atomic E-state index is 12.6. The van der Waals surface area contributed by atoms with E-state index >= 15 is 0 Å². The van der Waals surface area contributed by atoms with E-state index in [1.54, 1.807) is 13.2 Å². The van der Waals surface area contributed by atoms with Crippen molar-refractivity contribution < 1.29 is 14.3 Å². The van der Waals surface area contributed by atoms with Gasteiger partial charge in [-0.1, -0.05) is 13.0 Å². The van der Waals surface area contributed by atoms with E-state index in [9.17, 15) is 9.59 Å². The molecule has 2 N–H and O–H groups in total. The first-order chi connectivity index (χ1) is 12.6. The molecule has 0 radical (unpaired) electrons. The summed E-state index contributed by atoms with van der Waals surface area (Å²) < 4.78 is 5.12. The monoisotopic (exact) mass is 361 g/mol. The van der Waals surface area contributed by atoms with Gasteiger partial charge in [0.25, 0.3) is 0 Å². The van der Waals surface area contributed by atoms with E-state index in [0.717, 1.165) is 45.4 Å². The SMILES string of the molecule is CCCC(=O)Nc1cccc(NC(=O)N2CCCC(CCCOC)C2)c1. The molecule has 26 heavy (non-hydrogen) atoms. The number of nitrogens with one attached hydrogen (secondary N) is 2. The van der Waals surface area contributed by atoms with Gasteiger partial charge in [-0.3, -0.25) is 4.79 Å². The zero-order valence-electron chi connectivity index (χ0n) is 15.9. The van der Waals surface area contributed by atoms with Crippen LogP contribution in [0.5, 0.6) is 0 Å². The highest BCUT2D eigenvalue weighted by Crippen LogP contribution is 2.22. The van der Waals surface area contributed by atoms with Gasteiger partial charge in [0.1, 0.15) is 0 Å². The van der Waals surface area contributed by atoms with Gasteiger partial charge in [-0.2, -0.15) is 0 Å². The van der Waals surface area contributed by atoms with Crippen LogP contribution in [0.3, 0.4) is 0 Å². The van der Waals surface area contributed by atoms with E-state index in [4.69, 9.17) is 4.74 Å². The average Bonchev–Trinajstić information content (AvgIpc) is 2.62. The summed E-state index contributed by atoms with van der Waals surface area (Å²) in [5, 5.41) is 5.81. The Morgan fingerprint density at radius 3 is 2.77 bits per heavy atom. The molecule has 1 aliphatic heterocycles. The van der Waals surface area contributed by atoms with Gasteiger partial charge >= 0.3 is 6.03 Å². The van der Waals surface area contributed by atoms with E-state index in [2.05, 4.69) is 10.6 Å². The second-order valence-corrected chi connectivity index (χ2v) is 6.90. The number of ether oxygens (including phenoxy) is 1. The zero-order valence-corrected chi connectivity index (χ0v) is 15.9. The second kappa shape index (κ2) is 10.8. The van der Waals surface area contributed by atoms with Gasteiger partial charge < -0.3 is 20.3 Å². The Labute approximate surface area is 156 Å². The van der Waals surface area contributed by atoms with Crippen LogP contribution < -0.4 is 10.6 Å². The quantitative estimate of drug-likeness (QED) is 0.685. The van der Waals surface area contributed by atoms with Gasteiger partial charge in [-0.05, 0) is 56.2 Å². The molecule has 6 nitrogen and oxygen atoms in total. The van der Waals surface area contributed by atoms with Gasteiger partial charge in [0.05, 0.1) is 0 Å². The summed E-state index contributed by atoms with van der Waals surface area (Å²) in [5.41, 5.74) is 1.41. The van der Waals surface area contributed by atoms with Crippen molar-refractivity contribution in [3.63, 3.8) is 0 Å². The number of amides is 3. The van der Waals surface area contributed by atoms with Crippen molar-refractivity contribution in [1.29, 1.82) is 0 Å². The molecule has 1 fully saturated rings. The summed E-state index contributed by atoms with van der Waals surface area (Å²) in [7, 11) is 1.72. The summed E-state index contributed by atoms with van der Waals surface area (Å²) in [5.74, 6) is 0.537. The Bertz CT molecular complexity index is 591. The lowest BCUT2D eigenvalue weighted by Crippen LogP contribution is -2.42. The molecule has 2 rings (SSSR count). The van der Waals surface area contributed by atoms with Gasteiger partial charge in [-0.25, -0.2) is 4.79 Å². The molecule has 144 valence electrons. The molecule has 1 aromatic carbocycles. The third kappa shape index (κ3) is 6.67. The number of anilines is 2. The van der Waals surface area contributed by atoms with Crippen molar-refractivity contribution in [3.05, 3.63) is 24.3 Å². The Kier molecular flexibility index (Phi) is 8.41. The van der Waals surface area contributed by atoms with Gasteiger partial charge in [0.2, 0.25) is 5.91 Å². The Morgan fingerprint density at radius 1 is 1.27 bits per heavy atom. The van der Waals surface area contributed by atoms with Crippen molar-refractivity contribution in [1.82, 2.24) is 4.90 Å². The van der Waals surface area contributed by atoms with Crippen LogP contribution in [0.1, 0.15) is 45.4 Å². The molecule has 6 heteroatoms. The van der Waals surface area contributed by atoms with Crippen LogP contribution in [0.15, 0.2) is 24.3 Å². The molecule has 0 saturated carbocycles. The molecule has 1 aliphatic rings. The number of hydrogen-bond donors (Lipinski definition) is 2. The maximum absolute atomic E-state index is 12.6. The van der Waals surface area contributed by atoms with E-state index in [1.165, 1.54) is 6.42 Å². The first-order valence-corrected chi connectivity index (χ1v) is 9.57. The topological polar surface area (TPSA) is 70.7 Å². The lowest BCUT2D eigenvalue weighted by Gasteiger charge is -2.32. The third-order valence-electron chi connectivity index (χ3n) is 4.64. The standard InChI is InChI=1S/C20H31N3O3/c1-3-7-19(24)21-17-10-4-11-18(14-17)22-20(25)23-12-5-8-16(15-23)9-6-13-26-2/h4,10-11,14,16H,3,5-9,12-13,15H2,1-2H3,(H,21,24)(H,22,25). The molecule has 3 amide bonds. The Morgan fingerprint density at radius 2 is 2.04 bits per heavy atom. The van der Waals surface area contributed by atoms with Crippen molar-refractivity contribution in [2.24, 2.45) is 5.92 Å². The number of likely N-dealkylation sites (tertiary alicyclic amines) is 1. The molecule has 1 atom stereocenters. The lowest BCUT2D eigenvalue weighted by molar-refractivity contribution is -0.116. The average molecular weight is 361 g/mol. The fourth-order valence-electron chi connectivity index (χ4n) is 3.33. The van der Waals surface area contributed by atoms with Crippen LogP contribution in [0.25, 0.3) is 0 Å². The van der Waals surface area contributed by atoms with Crippen molar-refractivity contribution in [2.75, 3.05) is 37.4 Å². The van der Waals surface area contributed by atoms with Crippen molar-refractivity contribution >= 4 is 23.3 Å². The molecule has 1 unspecified atom stereocenters. The first kappa shape index (κ1) is 20.2. The fourth-order valence-corrected chi connectivity index (χ4v) is 3.33. The van der Waals surface area contributed by atoms with Gasteiger partial charge in [0.15, 0.2) is 0 Å². The van der Waals surface area contributed by atoms with Crippen LogP contribution in [0.4, 0.5) is 16.2 Å². The third-order valence-corrected chi connectivity index (χ3v) is 4.64. The number of carbonyl (C=O) groups is 2. The van der Waals surface area contributed by atoms with Crippen LogP contribution in [-0.4, -0.2) is 43.6 Å². The van der Waals surface area contributed by atoms with Crippen LogP contribution in [-0.2, 0) is 9.53 Å². The minimum Gasteiger partial charge on any atom is -0.385 e. The Hall–Kier alpha value is -2.08. The summed E-state index contributed by atoms with van der Waals surface area (Å²) in [4.78, 5) is 26.2. The highest BCUT2D eigenvalue weighted by molar-refractivity contribution is 5.93. The van der Waals surface area contributed by atoms with Gasteiger partial charge in [0, 0.05) is 44.6 Å². The summed E-state index contributed by atoms with van der Waals surface area (Å²) >= 11 is 0. The Balaban J connectivity index is 1.87. The molecular weight excluding hydrogens is 330 g/mol. The van der Waals surface area contributed by atoms with Crippen molar-refractivity contribution in [3.8, 4) is 0 Å².